The van der Waals surface area contributed by atoms with E-state index in [0.717, 1.165) is 6.42 Å². The van der Waals surface area contributed by atoms with Crippen LogP contribution in [0, 0.1) is 17.9 Å². The maximum absolute atomic E-state index is 8.33. The third-order valence-electron chi connectivity index (χ3n) is 0.938. The molecule has 0 aromatic heterocycles. The van der Waals surface area contributed by atoms with E-state index in [4.69, 9.17) is 11.8 Å². The lowest BCUT2D eigenvalue weighted by atomic mass is 10.2. The molecule has 0 aliphatic heterocycles. The second-order valence-electron chi connectivity index (χ2n) is 1.74. The van der Waals surface area contributed by atoms with Gasteiger partial charge in [0, 0.05) is 22.4 Å². The smallest absolute Gasteiger partial charge is 0.276 e. The van der Waals surface area contributed by atoms with Crippen molar-refractivity contribution in [2.75, 3.05) is 0 Å². The van der Waals surface area contributed by atoms with Crippen molar-refractivity contribution in [2.45, 2.75) is 22.6 Å². The summed E-state index contributed by atoms with van der Waals surface area (Å²) in [5.41, 5.74) is 0. The summed E-state index contributed by atoms with van der Waals surface area (Å²) >= 11 is 6.30. The Bertz CT molecular complexity index is 148. The van der Waals surface area contributed by atoms with Gasteiger partial charge in [-0.3, -0.25) is 0 Å². The van der Waals surface area contributed by atoms with Crippen LogP contribution in [0.15, 0.2) is 0 Å². The van der Waals surface area contributed by atoms with Gasteiger partial charge in [0.05, 0.1) is 6.07 Å². The minimum atomic E-state index is -0.138. The Labute approximate surface area is 77.3 Å². The van der Waals surface area contributed by atoms with E-state index < -0.39 is 0 Å². The third kappa shape index (κ3) is 4.78. The molecule has 0 aliphatic rings. The molecule has 0 aliphatic carbocycles. The lowest BCUT2D eigenvalue weighted by Gasteiger charge is -1.97. The Morgan fingerprint density at radius 3 is 2.50 bits per heavy atom. The van der Waals surface area contributed by atoms with Crippen LogP contribution in [0.2, 0.25) is 0 Å². The monoisotopic (exact) mass is 264 g/mol. The highest BCUT2D eigenvalue weighted by Crippen LogP contribution is 2.14. The summed E-state index contributed by atoms with van der Waals surface area (Å²) in [6, 6.07) is 2.04. The molecule has 4 heteroatoms. The maximum Gasteiger partial charge on any atom is 0.276 e. The third-order valence-corrected chi connectivity index (χ3v) is 2.26. The summed E-state index contributed by atoms with van der Waals surface area (Å²) in [6.07, 6.45) is 1.43. The fourth-order valence-corrected chi connectivity index (χ4v) is 0.942. The van der Waals surface area contributed by atoms with Crippen molar-refractivity contribution in [2.24, 2.45) is 0 Å². The van der Waals surface area contributed by atoms with E-state index in [2.05, 4.69) is 36.7 Å². The normalized spacial score (nSPS) is 14.8. The lowest BCUT2D eigenvalue weighted by molar-refractivity contribution is 0.799. The number of hydrogen-bond acceptors (Lipinski definition) is 1. The summed E-state index contributed by atoms with van der Waals surface area (Å²) in [7, 11) is 0. The van der Waals surface area contributed by atoms with Gasteiger partial charge in [0.15, 0.2) is 0 Å². The molecule has 0 bridgehead atoms. The minimum Gasteiger partial charge on any atom is -0.301 e. The Balaban J connectivity index is 3.40. The Morgan fingerprint density at radius 2 is 2.10 bits per heavy atom. The van der Waals surface area contributed by atoms with Crippen molar-refractivity contribution in [3.8, 4) is 6.07 Å². The molecular weight excluding hydrogens is 260 g/mol. The number of halogens is 2. The van der Waals surface area contributed by atoms with Crippen LogP contribution >= 0.6 is 31.9 Å². The molecule has 0 radical (unpaired) electrons. The molecule has 0 spiro atoms. The second kappa shape index (κ2) is 5.70. The zero-order valence-electron chi connectivity index (χ0n) is 5.22. The first kappa shape index (κ1) is 9.94. The van der Waals surface area contributed by atoms with Crippen LogP contribution < -0.4 is 0 Å². The summed E-state index contributed by atoms with van der Waals surface area (Å²) in [4.78, 5) is 2.98. The first-order valence-electron chi connectivity index (χ1n) is 2.75. The van der Waals surface area contributed by atoms with E-state index in [1.165, 1.54) is 0 Å². The molecule has 0 amide bonds. The number of rotatable bonds is 3. The highest BCUT2D eigenvalue weighted by Gasteiger charge is 2.09. The van der Waals surface area contributed by atoms with Crippen molar-refractivity contribution in [1.29, 1.82) is 5.26 Å². The van der Waals surface area contributed by atoms with Crippen LogP contribution in [0.5, 0.6) is 0 Å². The molecule has 0 aromatic rings. The van der Waals surface area contributed by atoms with E-state index in [-0.39, 0.29) is 9.78 Å². The fourth-order valence-electron chi connectivity index (χ4n) is 0.413. The average molecular weight is 266 g/mol. The number of nitrogens with zero attached hydrogens (tertiary/aromatic N) is 2. The summed E-state index contributed by atoms with van der Waals surface area (Å²) < 4.78 is 0. The number of hydrogen-bond donors (Lipinski definition) is 0. The second-order valence-corrected chi connectivity index (χ2v) is 3.90. The van der Waals surface area contributed by atoms with Gasteiger partial charge in [0.1, 0.15) is 4.83 Å². The molecule has 0 fully saturated rings. The lowest BCUT2D eigenvalue weighted by Crippen LogP contribution is -1.97. The minimum absolute atomic E-state index is 0.116. The number of nitriles is 1. The van der Waals surface area contributed by atoms with Gasteiger partial charge >= 0.3 is 0 Å². The Morgan fingerprint density at radius 1 is 1.50 bits per heavy atom. The standard InChI is InChI=1S/C6H6Br2N2/c1-10-6(8)3-2-5(7)4-9/h5-6H,2-3H2. The van der Waals surface area contributed by atoms with Gasteiger partial charge in [-0.25, -0.2) is 6.57 Å². The quantitative estimate of drug-likeness (QED) is 0.438. The van der Waals surface area contributed by atoms with Crippen molar-refractivity contribution >= 4 is 31.9 Å². The first-order valence-corrected chi connectivity index (χ1v) is 4.58. The van der Waals surface area contributed by atoms with Crippen molar-refractivity contribution in [1.82, 2.24) is 0 Å². The molecular formula is C6H6Br2N2. The van der Waals surface area contributed by atoms with Crippen LogP contribution in [0.1, 0.15) is 12.8 Å². The average Bonchev–Trinajstić information content (AvgIpc) is 1.99. The van der Waals surface area contributed by atoms with Crippen LogP contribution in [-0.4, -0.2) is 9.78 Å². The van der Waals surface area contributed by atoms with Crippen LogP contribution in [-0.2, 0) is 0 Å². The fraction of sp³-hybridized carbons (Fsp3) is 0.667. The van der Waals surface area contributed by atoms with E-state index in [1.54, 1.807) is 0 Å². The molecule has 0 saturated carbocycles. The molecule has 0 aromatic carbocycles. The summed E-state index contributed by atoms with van der Waals surface area (Å²) in [5.74, 6) is 0. The topological polar surface area (TPSA) is 28.1 Å². The van der Waals surface area contributed by atoms with Gasteiger partial charge in [0.2, 0.25) is 0 Å². The van der Waals surface area contributed by atoms with Crippen LogP contribution in [0.25, 0.3) is 4.85 Å². The van der Waals surface area contributed by atoms with E-state index >= 15 is 0 Å². The van der Waals surface area contributed by atoms with E-state index in [1.807, 2.05) is 6.07 Å². The molecule has 0 N–H and O–H groups in total. The Hall–Kier alpha value is -0.0600. The SMILES string of the molecule is [C-]#[N+]C(Br)CCC(Br)C#N. The zero-order chi connectivity index (χ0) is 7.98. The van der Waals surface area contributed by atoms with Crippen LogP contribution in [0.3, 0.4) is 0 Å². The molecule has 0 saturated heterocycles. The van der Waals surface area contributed by atoms with Crippen molar-refractivity contribution in [3.05, 3.63) is 11.4 Å². The van der Waals surface area contributed by atoms with Gasteiger partial charge in [-0.05, 0) is 6.42 Å². The van der Waals surface area contributed by atoms with Gasteiger partial charge in [-0.15, -0.1) is 0 Å². The molecule has 10 heavy (non-hydrogen) atoms. The molecule has 54 valence electrons. The van der Waals surface area contributed by atoms with E-state index in [0.29, 0.717) is 6.42 Å². The largest absolute Gasteiger partial charge is 0.301 e. The number of alkyl halides is 2. The van der Waals surface area contributed by atoms with Crippen molar-refractivity contribution in [3.63, 3.8) is 0 Å². The highest BCUT2D eigenvalue weighted by atomic mass is 79.9. The van der Waals surface area contributed by atoms with Crippen LogP contribution in [0.4, 0.5) is 0 Å². The van der Waals surface area contributed by atoms with Gasteiger partial charge in [-0.2, -0.15) is 5.26 Å². The van der Waals surface area contributed by atoms with Gasteiger partial charge < -0.3 is 4.85 Å². The summed E-state index contributed by atoms with van der Waals surface area (Å²) in [5, 5.41) is 8.33. The molecule has 2 nitrogen and oxygen atoms in total. The first-order chi connectivity index (χ1) is 4.70. The predicted octanol–water partition coefficient (Wildman–Crippen LogP) is 2.69. The molecule has 0 heterocycles. The zero-order valence-corrected chi connectivity index (χ0v) is 8.39. The van der Waals surface area contributed by atoms with Crippen molar-refractivity contribution < 1.29 is 0 Å². The highest BCUT2D eigenvalue weighted by molar-refractivity contribution is 9.10. The van der Waals surface area contributed by atoms with E-state index in [9.17, 15) is 0 Å². The molecule has 2 atom stereocenters. The molecule has 0 rings (SSSR count). The molecule has 2 unspecified atom stereocenters. The van der Waals surface area contributed by atoms with Gasteiger partial charge in [-0.1, -0.05) is 15.9 Å². The summed E-state index contributed by atoms with van der Waals surface area (Å²) in [6.45, 7) is 6.59. The predicted molar refractivity (Wildman–Crippen MR) is 46.9 cm³/mol. The maximum atomic E-state index is 8.33. The van der Waals surface area contributed by atoms with Gasteiger partial charge in [0.25, 0.3) is 4.95 Å². The Kier molecular flexibility index (Phi) is 5.67.